The molecule has 0 radical (unpaired) electrons. The largest absolute Gasteiger partial charge is 0.491 e. The molecule has 0 aliphatic carbocycles. The molecule has 0 fully saturated rings. The molecular formula is C26H18N4O6S4. The van der Waals surface area contributed by atoms with Crippen LogP contribution in [0.5, 0.6) is 11.5 Å². The lowest BCUT2D eigenvalue weighted by molar-refractivity contribution is -0.140. The normalized spacial score (nSPS) is 18.2. The number of nitrogens with zero attached hydrogens (tertiary/aromatic N) is 3. The van der Waals surface area contributed by atoms with Gasteiger partial charge in [0.2, 0.25) is 0 Å². The number of hydrogen-bond donors (Lipinski definition) is 1. The summed E-state index contributed by atoms with van der Waals surface area (Å²) in [6, 6.07) is 1.89. The summed E-state index contributed by atoms with van der Waals surface area (Å²) in [7, 11) is 0. The van der Waals surface area contributed by atoms with Gasteiger partial charge in [0.05, 0.1) is 59.0 Å². The highest BCUT2D eigenvalue weighted by molar-refractivity contribution is 8.26. The summed E-state index contributed by atoms with van der Waals surface area (Å²) >= 11 is 5.16. The quantitative estimate of drug-likeness (QED) is 0.285. The fraction of sp³-hybridized carbons (Fsp3) is 0.231. The van der Waals surface area contributed by atoms with Crippen molar-refractivity contribution in [3.8, 4) is 17.6 Å². The van der Waals surface area contributed by atoms with Gasteiger partial charge >= 0.3 is 0 Å². The molecule has 1 N–H and O–H groups in total. The maximum atomic E-state index is 13.2. The van der Waals surface area contributed by atoms with Gasteiger partial charge in [-0.15, -0.1) is 0 Å². The zero-order chi connectivity index (χ0) is 28.7. The molecule has 0 spiro atoms. The molecular weight excluding hydrogens is 593 g/mol. The number of benzene rings is 1. The van der Waals surface area contributed by atoms with Crippen LogP contribution < -0.4 is 14.8 Å². The van der Waals surface area contributed by atoms with Crippen LogP contribution in [0.15, 0.2) is 62.6 Å². The number of carbonyl (C=O) groups is 4. The Kier molecular flexibility index (Phi) is 7.79. The van der Waals surface area contributed by atoms with Gasteiger partial charge in [0.15, 0.2) is 0 Å². The zero-order valence-electron chi connectivity index (χ0n) is 21.2. The van der Waals surface area contributed by atoms with E-state index in [9.17, 15) is 24.4 Å². The lowest BCUT2D eigenvalue weighted by Gasteiger charge is -2.23. The SMILES string of the molecule is [C-]#[N+]C1=CC(=C2Sc3c(OCC)c4c(c(OCC)c3S2)SC(=C2C=C(C#N)C(=O)N(CC)C2=O)S4)C(=O)NC1=O. The average Bonchev–Trinajstić information content (AvgIpc) is 3.57. The highest BCUT2D eigenvalue weighted by Crippen LogP contribution is 2.68. The summed E-state index contributed by atoms with van der Waals surface area (Å²) in [5, 5.41) is 11.7. The number of thioether (sulfide) groups is 4. The minimum atomic E-state index is -0.735. The second kappa shape index (κ2) is 11.1. The molecule has 0 unspecified atom stereocenters. The van der Waals surface area contributed by atoms with Gasteiger partial charge in [-0.3, -0.25) is 29.4 Å². The first-order valence-corrected chi connectivity index (χ1v) is 15.2. The Labute approximate surface area is 246 Å². The van der Waals surface area contributed by atoms with E-state index in [0.29, 0.717) is 43.0 Å². The van der Waals surface area contributed by atoms with E-state index in [2.05, 4.69) is 10.2 Å². The number of nitrogens with one attached hydrogen (secondary N) is 1. The van der Waals surface area contributed by atoms with Crippen molar-refractivity contribution in [2.24, 2.45) is 0 Å². The highest BCUT2D eigenvalue weighted by Gasteiger charge is 2.41. The van der Waals surface area contributed by atoms with Gasteiger partial charge < -0.3 is 9.47 Å². The first-order valence-electron chi connectivity index (χ1n) is 11.9. The van der Waals surface area contributed by atoms with Crippen molar-refractivity contribution in [2.45, 2.75) is 40.4 Å². The van der Waals surface area contributed by atoms with E-state index in [1.165, 1.54) is 59.2 Å². The van der Waals surface area contributed by atoms with Crippen molar-refractivity contribution in [2.75, 3.05) is 19.8 Å². The summed E-state index contributed by atoms with van der Waals surface area (Å²) in [5.41, 5.74) is 0.159. The molecule has 0 saturated heterocycles. The van der Waals surface area contributed by atoms with Gasteiger partial charge in [-0.1, -0.05) is 47.0 Å². The summed E-state index contributed by atoms with van der Waals surface area (Å²) in [6.45, 7) is 13.4. The van der Waals surface area contributed by atoms with E-state index in [1.54, 1.807) is 6.92 Å². The smallest absolute Gasteiger partial charge is 0.271 e. The Balaban J connectivity index is 1.67. The molecule has 0 atom stereocenters. The average molecular weight is 611 g/mol. The van der Waals surface area contributed by atoms with Gasteiger partial charge in [-0.25, -0.2) is 4.85 Å². The Morgan fingerprint density at radius 3 is 1.82 bits per heavy atom. The number of carbonyl (C=O) groups excluding carboxylic acids is 4. The highest BCUT2D eigenvalue weighted by atomic mass is 32.2. The molecule has 14 heteroatoms. The van der Waals surface area contributed by atoms with Gasteiger partial charge in [-0.2, -0.15) is 5.26 Å². The maximum Gasteiger partial charge on any atom is 0.271 e. The molecule has 202 valence electrons. The summed E-state index contributed by atoms with van der Waals surface area (Å²) in [6.07, 6.45) is 2.63. The first-order chi connectivity index (χ1) is 19.3. The second-order valence-corrected chi connectivity index (χ2v) is 12.7. The lowest BCUT2D eigenvalue weighted by atomic mass is 10.1. The third-order valence-corrected chi connectivity index (χ3v) is 11.1. The number of fused-ring (bicyclic) bond motifs is 2. The van der Waals surface area contributed by atoms with E-state index in [4.69, 9.17) is 16.0 Å². The van der Waals surface area contributed by atoms with Gasteiger partial charge in [0.1, 0.15) is 23.1 Å². The fourth-order valence-corrected chi connectivity index (χ4v) is 9.57. The minimum absolute atomic E-state index is 0.114. The molecule has 4 heterocycles. The van der Waals surface area contributed by atoms with Crippen LogP contribution in [-0.2, 0) is 19.2 Å². The summed E-state index contributed by atoms with van der Waals surface area (Å²) in [5.74, 6) is -1.32. The monoisotopic (exact) mass is 610 g/mol. The summed E-state index contributed by atoms with van der Waals surface area (Å²) < 4.78 is 13.4. The van der Waals surface area contributed by atoms with Crippen LogP contribution in [0.4, 0.5) is 0 Å². The predicted molar refractivity (Wildman–Crippen MR) is 150 cm³/mol. The minimum Gasteiger partial charge on any atom is -0.491 e. The molecule has 4 aliphatic heterocycles. The van der Waals surface area contributed by atoms with Crippen molar-refractivity contribution < 1.29 is 28.7 Å². The van der Waals surface area contributed by atoms with E-state index < -0.39 is 23.6 Å². The molecule has 1 aromatic rings. The molecule has 0 aromatic heterocycles. The number of hydrogen-bond acceptors (Lipinski definition) is 11. The fourth-order valence-electron chi connectivity index (χ4n) is 4.07. The van der Waals surface area contributed by atoms with Gasteiger partial charge in [0.25, 0.3) is 29.3 Å². The number of ether oxygens (including phenoxy) is 2. The lowest BCUT2D eigenvalue weighted by Crippen LogP contribution is -2.41. The predicted octanol–water partition coefficient (Wildman–Crippen LogP) is 4.60. The van der Waals surface area contributed by atoms with E-state index in [1.807, 2.05) is 19.9 Å². The van der Waals surface area contributed by atoms with E-state index in [-0.39, 0.29) is 29.0 Å². The third kappa shape index (κ3) is 4.51. The standard InChI is InChI=1S/C26H18N4O6S4/c1-5-30-23(33)11(10-27)8-13(24(30)34)26-39-19-15(35-6-2)17-18(16(36-7-3)20(19)40-26)38-25(37-17)12-9-14(28-4)22(32)29-21(12)31/h8-9H,5-7H2,1-3H3,(H,29,31,32). The van der Waals surface area contributed by atoms with Crippen LogP contribution in [0.3, 0.4) is 0 Å². The first kappa shape index (κ1) is 28.0. The molecule has 0 bridgehead atoms. The Morgan fingerprint density at radius 2 is 1.38 bits per heavy atom. The Bertz CT molecular complexity index is 1590. The van der Waals surface area contributed by atoms with Crippen LogP contribution in [0.2, 0.25) is 0 Å². The number of amides is 4. The molecule has 0 saturated carbocycles. The topological polar surface area (TPSA) is 130 Å². The summed E-state index contributed by atoms with van der Waals surface area (Å²) in [4.78, 5) is 57.5. The molecule has 1 aromatic carbocycles. The molecule has 10 nitrogen and oxygen atoms in total. The molecule has 5 rings (SSSR count). The van der Waals surface area contributed by atoms with Crippen LogP contribution in [-0.4, -0.2) is 48.3 Å². The zero-order valence-corrected chi connectivity index (χ0v) is 24.5. The Hall–Kier alpha value is -3.56. The number of likely N-dealkylation sites (N-methyl/N-ethyl adjacent to an activating group) is 1. The van der Waals surface area contributed by atoms with Crippen molar-refractivity contribution >= 4 is 70.7 Å². The second-order valence-electron chi connectivity index (χ2n) is 8.10. The number of nitriles is 1. The van der Waals surface area contributed by atoms with E-state index in [0.717, 1.165) is 14.7 Å². The third-order valence-electron chi connectivity index (χ3n) is 5.82. The number of rotatable bonds is 5. The van der Waals surface area contributed by atoms with Crippen molar-refractivity contribution in [1.82, 2.24) is 10.2 Å². The van der Waals surface area contributed by atoms with Crippen LogP contribution in [0, 0.1) is 17.9 Å². The van der Waals surface area contributed by atoms with Crippen molar-refractivity contribution in [3.63, 3.8) is 0 Å². The Morgan fingerprint density at radius 1 is 0.850 bits per heavy atom. The van der Waals surface area contributed by atoms with Crippen LogP contribution in [0.1, 0.15) is 20.8 Å². The molecule has 4 aliphatic rings. The van der Waals surface area contributed by atoms with Gasteiger partial charge in [0, 0.05) is 6.54 Å². The van der Waals surface area contributed by atoms with Crippen LogP contribution >= 0.6 is 47.0 Å². The maximum absolute atomic E-state index is 13.2. The van der Waals surface area contributed by atoms with E-state index >= 15 is 0 Å². The van der Waals surface area contributed by atoms with Crippen molar-refractivity contribution in [1.29, 1.82) is 5.26 Å². The van der Waals surface area contributed by atoms with Gasteiger partial charge in [-0.05, 0) is 32.9 Å². The molecule has 40 heavy (non-hydrogen) atoms. The molecule has 4 amide bonds. The number of imide groups is 2. The van der Waals surface area contributed by atoms with Crippen molar-refractivity contribution in [3.05, 3.63) is 54.5 Å². The van der Waals surface area contributed by atoms with Crippen LogP contribution in [0.25, 0.3) is 4.85 Å².